The lowest BCUT2D eigenvalue weighted by Crippen LogP contribution is -2.53. The first kappa shape index (κ1) is 17.5. The van der Waals surface area contributed by atoms with E-state index in [-0.39, 0.29) is 17.7 Å². The van der Waals surface area contributed by atoms with E-state index in [2.05, 4.69) is 5.32 Å². The summed E-state index contributed by atoms with van der Waals surface area (Å²) in [4.78, 5) is 24.6. The minimum atomic E-state index is -1.38. The third-order valence-electron chi connectivity index (χ3n) is 4.89. The molecule has 1 aromatic rings. The molecule has 0 bridgehead atoms. The van der Waals surface area contributed by atoms with Crippen LogP contribution in [0.5, 0.6) is 0 Å². The summed E-state index contributed by atoms with van der Waals surface area (Å²) >= 11 is 0. The van der Waals surface area contributed by atoms with Crippen molar-refractivity contribution in [2.45, 2.75) is 38.6 Å². The molecular formula is C18H25NO4. The van der Waals surface area contributed by atoms with E-state index in [0.29, 0.717) is 25.2 Å². The van der Waals surface area contributed by atoms with Crippen molar-refractivity contribution in [3.05, 3.63) is 35.9 Å². The van der Waals surface area contributed by atoms with Crippen molar-refractivity contribution >= 4 is 11.9 Å². The maximum absolute atomic E-state index is 12.7. The van der Waals surface area contributed by atoms with E-state index in [9.17, 15) is 14.7 Å². The topological polar surface area (TPSA) is 75.6 Å². The van der Waals surface area contributed by atoms with Gasteiger partial charge in [-0.15, -0.1) is 0 Å². The Morgan fingerprint density at radius 3 is 2.43 bits per heavy atom. The number of carboxylic acids is 1. The molecule has 0 aliphatic carbocycles. The molecular weight excluding hydrogens is 294 g/mol. The number of nitrogens with one attached hydrogen (secondary N) is 1. The fourth-order valence-corrected chi connectivity index (χ4v) is 3.17. The zero-order chi connectivity index (χ0) is 16.9. The third kappa shape index (κ3) is 3.72. The van der Waals surface area contributed by atoms with Gasteiger partial charge in [-0.1, -0.05) is 44.2 Å². The standard InChI is InChI=1S/C18H25NO4/c1-3-18(17(21)22,15-7-5-4-6-8-15)19-16(20)13(2)14-9-11-23-12-10-14/h4-8,13-14H,3,9-12H2,1-2H3,(H,19,20)(H,21,22). The average molecular weight is 319 g/mol. The molecule has 2 atom stereocenters. The second-order valence-electron chi connectivity index (χ2n) is 6.16. The zero-order valence-corrected chi connectivity index (χ0v) is 13.7. The van der Waals surface area contributed by atoms with Crippen molar-refractivity contribution in [2.75, 3.05) is 13.2 Å². The highest BCUT2D eigenvalue weighted by atomic mass is 16.5. The Hall–Kier alpha value is -1.88. The van der Waals surface area contributed by atoms with Crippen LogP contribution in [-0.2, 0) is 19.9 Å². The van der Waals surface area contributed by atoms with Crippen molar-refractivity contribution in [2.24, 2.45) is 11.8 Å². The van der Waals surface area contributed by atoms with Crippen LogP contribution >= 0.6 is 0 Å². The maximum atomic E-state index is 12.7. The minimum Gasteiger partial charge on any atom is -0.479 e. The van der Waals surface area contributed by atoms with Gasteiger partial charge in [-0.25, -0.2) is 4.79 Å². The number of carbonyl (C=O) groups excluding carboxylic acids is 1. The van der Waals surface area contributed by atoms with Crippen LogP contribution < -0.4 is 5.32 Å². The molecule has 1 aromatic carbocycles. The van der Waals surface area contributed by atoms with Crippen LogP contribution in [0.15, 0.2) is 30.3 Å². The highest BCUT2D eigenvalue weighted by molar-refractivity contribution is 5.89. The molecule has 5 nitrogen and oxygen atoms in total. The molecule has 1 aliphatic rings. The molecule has 0 radical (unpaired) electrons. The molecule has 2 N–H and O–H groups in total. The molecule has 0 spiro atoms. The maximum Gasteiger partial charge on any atom is 0.334 e. The molecule has 126 valence electrons. The molecule has 5 heteroatoms. The molecule has 1 saturated heterocycles. The molecule has 0 aromatic heterocycles. The monoisotopic (exact) mass is 319 g/mol. The lowest BCUT2D eigenvalue weighted by atomic mass is 9.83. The molecule has 2 rings (SSSR count). The van der Waals surface area contributed by atoms with Gasteiger partial charge in [-0.05, 0) is 30.7 Å². The first-order valence-electron chi connectivity index (χ1n) is 8.20. The van der Waals surface area contributed by atoms with Crippen molar-refractivity contribution in [1.29, 1.82) is 0 Å². The first-order valence-corrected chi connectivity index (χ1v) is 8.20. The molecule has 1 amide bonds. The number of ether oxygens (including phenoxy) is 1. The van der Waals surface area contributed by atoms with Crippen molar-refractivity contribution in [3.8, 4) is 0 Å². The molecule has 0 saturated carbocycles. The lowest BCUT2D eigenvalue weighted by molar-refractivity contribution is -0.149. The van der Waals surface area contributed by atoms with E-state index in [0.717, 1.165) is 12.8 Å². The number of carboxylic acid groups (broad SMARTS) is 1. The molecule has 1 heterocycles. The Bertz CT molecular complexity index is 539. The molecule has 1 aliphatic heterocycles. The van der Waals surface area contributed by atoms with Crippen LogP contribution in [0.1, 0.15) is 38.7 Å². The smallest absolute Gasteiger partial charge is 0.334 e. The van der Waals surface area contributed by atoms with Gasteiger partial charge in [0.1, 0.15) is 0 Å². The Morgan fingerprint density at radius 1 is 1.30 bits per heavy atom. The molecule has 1 fully saturated rings. The number of hydrogen-bond acceptors (Lipinski definition) is 3. The van der Waals surface area contributed by atoms with Crippen LogP contribution in [0.2, 0.25) is 0 Å². The summed E-state index contributed by atoms with van der Waals surface area (Å²) in [6.45, 7) is 4.98. The van der Waals surface area contributed by atoms with Crippen LogP contribution in [0.3, 0.4) is 0 Å². The number of hydrogen-bond donors (Lipinski definition) is 2. The SMILES string of the molecule is CCC(NC(=O)C(C)C1CCOCC1)(C(=O)O)c1ccccc1. The van der Waals surface area contributed by atoms with Crippen LogP contribution in [0.4, 0.5) is 0 Å². The Morgan fingerprint density at radius 2 is 1.91 bits per heavy atom. The number of carbonyl (C=O) groups is 2. The predicted octanol–water partition coefficient (Wildman–Crippen LogP) is 2.56. The van der Waals surface area contributed by atoms with E-state index >= 15 is 0 Å². The van der Waals surface area contributed by atoms with Crippen molar-refractivity contribution < 1.29 is 19.4 Å². The highest BCUT2D eigenvalue weighted by Gasteiger charge is 2.41. The first-order chi connectivity index (χ1) is 11.0. The highest BCUT2D eigenvalue weighted by Crippen LogP contribution is 2.29. The van der Waals surface area contributed by atoms with E-state index in [4.69, 9.17) is 4.74 Å². The second kappa shape index (κ2) is 7.59. The van der Waals surface area contributed by atoms with E-state index in [1.807, 2.05) is 13.0 Å². The number of aliphatic carboxylic acids is 1. The quantitative estimate of drug-likeness (QED) is 0.845. The molecule has 2 unspecified atom stereocenters. The van der Waals surface area contributed by atoms with Gasteiger partial charge in [-0.2, -0.15) is 0 Å². The summed E-state index contributed by atoms with van der Waals surface area (Å²) in [5, 5.41) is 12.6. The van der Waals surface area contributed by atoms with Gasteiger partial charge < -0.3 is 15.2 Å². The van der Waals surface area contributed by atoms with Gasteiger partial charge in [-0.3, -0.25) is 4.79 Å². The minimum absolute atomic E-state index is 0.204. The van der Waals surface area contributed by atoms with Crippen LogP contribution in [-0.4, -0.2) is 30.2 Å². The summed E-state index contributed by atoms with van der Waals surface area (Å²) in [5.74, 6) is -1.22. The van der Waals surface area contributed by atoms with Gasteiger partial charge in [0.25, 0.3) is 0 Å². The van der Waals surface area contributed by atoms with Crippen LogP contribution in [0.25, 0.3) is 0 Å². The van der Waals surface area contributed by atoms with Gasteiger partial charge in [0.2, 0.25) is 5.91 Å². The number of rotatable bonds is 6. The van der Waals surface area contributed by atoms with Gasteiger partial charge >= 0.3 is 5.97 Å². The van der Waals surface area contributed by atoms with Crippen molar-refractivity contribution in [1.82, 2.24) is 5.32 Å². The molecule has 23 heavy (non-hydrogen) atoms. The van der Waals surface area contributed by atoms with E-state index < -0.39 is 11.5 Å². The van der Waals surface area contributed by atoms with Gasteiger partial charge in [0.05, 0.1) is 0 Å². The Labute approximate surface area is 137 Å². The fourth-order valence-electron chi connectivity index (χ4n) is 3.17. The Balaban J connectivity index is 2.20. The number of benzene rings is 1. The average Bonchev–Trinajstić information content (AvgIpc) is 2.60. The zero-order valence-electron chi connectivity index (χ0n) is 13.7. The summed E-state index contributed by atoms with van der Waals surface area (Å²) in [5.41, 5.74) is -0.778. The van der Waals surface area contributed by atoms with Gasteiger partial charge in [0, 0.05) is 19.1 Å². The van der Waals surface area contributed by atoms with E-state index in [1.54, 1.807) is 31.2 Å². The third-order valence-corrected chi connectivity index (χ3v) is 4.89. The van der Waals surface area contributed by atoms with Crippen molar-refractivity contribution in [3.63, 3.8) is 0 Å². The summed E-state index contributed by atoms with van der Waals surface area (Å²) in [6.07, 6.45) is 1.97. The lowest BCUT2D eigenvalue weighted by Gasteiger charge is -2.33. The second-order valence-corrected chi connectivity index (χ2v) is 6.16. The van der Waals surface area contributed by atoms with Crippen LogP contribution in [0, 0.1) is 11.8 Å². The normalized spacial score (nSPS) is 19.6. The summed E-state index contributed by atoms with van der Waals surface area (Å²) < 4.78 is 5.33. The fraction of sp³-hybridized carbons (Fsp3) is 0.556. The predicted molar refractivity (Wildman–Crippen MR) is 86.9 cm³/mol. The summed E-state index contributed by atoms with van der Waals surface area (Å²) in [6, 6.07) is 8.90. The number of amides is 1. The summed E-state index contributed by atoms with van der Waals surface area (Å²) in [7, 11) is 0. The Kier molecular flexibility index (Phi) is 5.77. The largest absolute Gasteiger partial charge is 0.479 e. The van der Waals surface area contributed by atoms with Gasteiger partial charge in [0.15, 0.2) is 5.54 Å². The van der Waals surface area contributed by atoms with E-state index in [1.165, 1.54) is 0 Å².